The summed E-state index contributed by atoms with van der Waals surface area (Å²) in [5.41, 5.74) is 0.497. The predicted octanol–water partition coefficient (Wildman–Crippen LogP) is 0.390. The Labute approximate surface area is 121 Å². The van der Waals surface area contributed by atoms with Gasteiger partial charge in [0.15, 0.2) is 6.04 Å². The molecule has 2 atom stereocenters. The Morgan fingerprint density at radius 2 is 2.00 bits per heavy atom. The molecular weight excluding hydrogens is 274 g/mol. The fraction of sp³-hybridized carbons (Fsp3) is 0.357. The molecule has 3 amide bonds. The number of hydrogen-bond acceptors (Lipinski definition) is 3. The Hall–Kier alpha value is -2.57. The zero-order chi connectivity index (χ0) is 15.2. The molecule has 0 aliphatic carbocycles. The number of carboxylic acid groups (broad SMARTS) is 1. The van der Waals surface area contributed by atoms with E-state index < -0.39 is 18.0 Å². The van der Waals surface area contributed by atoms with Gasteiger partial charge < -0.3 is 21.1 Å². The van der Waals surface area contributed by atoms with Gasteiger partial charge >= 0.3 is 12.0 Å². The van der Waals surface area contributed by atoms with E-state index in [1.165, 1.54) is 0 Å². The fourth-order valence-electron chi connectivity index (χ4n) is 2.15. The first-order valence-electron chi connectivity index (χ1n) is 6.67. The Kier molecular flexibility index (Phi) is 4.76. The van der Waals surface area contributed by atoms with Crippen molar-refractivity contribution in [2.45, 2.75) is 24.9 Å². The second-order valence-electron chi connectivity index (χ2n) is 4.84. The Bertz CT molecular complexity index is 522. The number of benzene rings is 1. The maximum absolute atomic E-state index is 11.9. The van der Waals surface area contributed by atoms with Crippen molar-refractivity contribution in [2.75, 3.05) is 6.54 Å². The van der Waals surface area contributed by atoms with Crippen LogP contribution in [0.3, 0.4) is 0 Å². The van der Waals surface area contributed by atoms with E-state index in [4.69, 9.17) is 0 Å². The van der Waals surface area contributed by atoms with Crippen molar-refractivity contribution in [1.82, 2.24) is 16.0 Å². The van der Waals surface area contributed by atoms with E-state index in [0.717, 1.165) is 0 Å². The summed E-state index contributed by atoms with van der Waals surface area (Å²) in [4.78, 5) is 34.2. The average Bonchev–Trinajstić information content (AvgIpc) is 2.48. The maximum Gasteiger partial charge on any atom is 0.330 e. The van der Waals surface area contributed by atoms with Crippen molar-refractivity contribution in [2.24, 2.45) is 0 Å². The van der Waals surface area contributed by atoms with Crippen LogP contribution in [0.15, 0.2) is 30.3 Å². The number of nitrogens with one attached hydrogen (secondary N) is 3. The minimum atomic E-state index is -1.13. The van der Waals surface area contributed by atoms with Crippen LogP contribution in [0.4, 0.5) is 4.79 Å². The molecule has 1 aromatic carbocycles. The molecule has 1 fully saturated rings. The number of hydrogen-bond donors (Lipinski definition) is 4. The number of piperidine rings is 1. The first kappa shape index (κ1) is 14.8. The van der Waals surface area contributed by atoms with Crippen molar-refractivity contribution < 1.29 is 19.5 Å². The predicted molar refractivity (Wildman–Crippen MR) is 74.5 cm³/mol. The van der Waals surface area contributed by atoms with Crippen LogP contribution < -0.4 is 16.0 Å². The highest BCUT2D eigenvalue weighted by Gasteiger charge is 2.24. The lowest BCUT2D eigenvalue weighted by Gasteiger charge is -2.24. The SMILES string of the molecule is O=C1CCC(NC(=O)NC(C(=O)O)c2ccccc2)CN1. The van der Waals surface area contributed by atoms with E-state index in [2.05, 4.69) is 16.0 Å². The van der Waals surface area contributed by atoms with Gasteiger partial charge in [-0.3, -0.25) is 4.79 Å². The van der Waals surface area contributed by atoms with E-state index in [9.17, 15) is 19.5 Å². The molecule has 1 saturated heterocycles. The molecule has 112 valence electrons. The van der Waals surface area contributed by atoms with Gasteiger partial charge in [0.05, 0.1) is 0 Å². The topological polar surface area (TPSA) is 108 Å². The largest absolute Gasteiger partial charge is 0.479 e. The summed E-state index contributed by atoms with van der Waals surface area (Å²) in [5.74, 6) is -1.17. The highest BCUT2D eigenvalue weighted by atomic mass is 16.4. The second kappa shape index (κ2) is 6.74. The van der Waals surface area contributed by atoms with Gasteiger partial charge in [0.2, 0.25) is 5.91 Å². The zero-order valence-electron chi connectivity index (χ0n) is 11.3. The van der Waals surface area contributed by atoms with E-state index in [0.29, 0.717) is 24.9 Å². The number of urea groups is 1. The van der Waals surface area contributed by atoms with Crippen molar-refractivity contribution in [1.29, 1.82) is 0 Å². The van der Waals surface area contributed by atoms with Crippen LogP contribution in [0, 0.1) is 0 Å². The first-order chi connectivity index (χ1) is 10.1. The number of aliphatic carboxylic acids is 1. The standard InChI is InChI=1S/C14H17N3O4/c18-11-7-6-10(8-15-11)16-14(21)17-12(13(19)20)9-4-2-1-3-5-9/h1-5,10,12H,6-8H2,(H,15,18)(H,19,20)(H2,16,17,21). The molecule has 0 bridgehead atoms. The van der Waals surface area contributed by atoms with Gasteiger partial charge in [-0.05, 0) is 12.0 Å². The highest BCUT2D eigenvalue weighted by molar-refractivity contribution is 5.84. The lowest BCUT2D eigenvalue weighted by atomic mass is 10.1. The molecular formula is C14H17N3O4. The molecule has 21 heavy (non-hydrogen) atoms. The Morgan fingerprint density at radius 3 is 2.57 bits per heavy atom. The van der Waals surface area contributed by atoms with Gasteiger partial charge in [0.1, 0.15) is 0 Å². The summed E-state index contributed by atoms with van der Waals surface area (Å²) in [5, 5.41) is 17.0. The third-order valence-electron chi connectivity index (χ3n) is 3.26. The number of carboxylic acids is 1. The molecule has 1 heterocycles. The van der Waals surface area contributed by atoms with Crippen molar-refractivity contribution in [3.63, 3.8) is 0 Å². The number of rotatable bonds is 4. The normalized spacial score (nSPS) is 19.2. The molecule has 0 aromatic heterocycles. The monoisotopic (exact) mass is 291 g/mol. The van der Waals surface area contributed by atoms with Gasteiger partial charge in [0, 0.05) is 19.0 Å². The summed E-state index contributed by atoms with van der Waals surface area (Å²) in [6.07, 6.45) is 0.897. The van der Waals surface area contributed by atoms with Gasteiger partial charge in [-0.25, -0.2) is 9.59 Å². The average molecular weight is 291 g/mol. The van der Waals surface area contributed by atoms with Crippen molar-refractivity contribution in [3.05, 3.63) is 35.9 Å². The zero-order valence-corrected chi connectivity index (χ0v) is 11.3. The Balaban J connectivity index is 1.93. The molecule has 7 heteroatoms. The molecule has 1 aromatic rings. The lowest BCUT2D eigenvalue weighted by molar-refractivity contribution is -0.139. The molecule has 1 aliphatic heterocycles. The minimum absolute atomic E-state index is 0.0406. The summed E-state index contributed by atoms with van der Waals surface area (Å²) in [6, 6.07) is 6.61. The van der Waals surface area contributed by atoms with Gasteiger partial charge in [0.25, 0.3) is 0 Å². The molecule has 1 aliphatic rings. The summed E-state index contributed by atoms with van der Waals surface area (Å²) < 4.78 is 0. The van der Waals surface area contributed by atoms with E-state index in [1.807, 2.05) is 0 Å². The molecule has 2 rings (SSSR count). The van der Waals surface area contributed by atoms with Crippen LogP contribution in [0.5, 0.6) is 0 Å². The number of carbonyl (C=O) groups excluding carboxylic acids is 2. The van der Waals surface area contributed by atoms with Crippen molar-refractivity contribution >= 4 is 17.9 Å². The number of amides is 3. The molecule has 4 N–H and O–H groups in total. The van der Waals surface area contributed by atoms with Gasteiger partial charge in [-0.2, -0.15) is 0 Å². The van der Waals surface area contributed by atoms with Crippen LogP contribution in [0.2, 0.25) is 0 Å². The summed E-state index contributed by atoms with van der Waals surface area (Å²) in [7, 11) is 0. The second-order valence-corrected chi connectivity index (χ2v) is 4.84. The minimum Gasteiger partial charge on any atom is -0.479 e. The van der Waals surface area contributed by atoms with E-state index >= 15 is 0 Å². The smallest absolute Gasteiger partial charge is 0.330 e. The molecule has 7 nitrogen and oxygen atoms in total. The molecule has 2 unspecified atom stereocenters. The quantitative estimate of drug-likeness (QED) is 0.643. The van der Waals surface area contributed by atoms with Crippen LogP contribution in [0.25, 0.3) is 0 Å². The maximum atomic E-state index is 11.9. The molecule has 0 saturated carbocycles. The highest BCUT2D eigenvalue weighted by Crippen LogP contribution is 2.12. The van der Waals surface area contributed by atoms with Crippen LogP contribution in [-0.2, 0) is 9.59 Å². The summed E-state index contributed by atoms with van der Waals surface area (Å²) >= 11 is 0. The van der Waals surface area contributed by atoms with Gasteiger partial charge in [-0.1, -0.05) is 30.3 Å². The van der Waals surface area contributed by atoms with Crippen LogP contribution >= 0.6 is 0 Å². The van der Waals surface area contributed by atoms with E-state index in [-0.39, 0.29) is 11.9 Å². The van der Waals surface area contributed by atoms with Gasteiger partial charge in [-0.15, -0.1) is 0 Å². The van der Waals surface area contributed by atoms with Crippen molar-refractivity contribution in [3.8, 4) is 0 Å². The lowest BCUT2D eigenvalue weighted by Crippen LogP contribution is -2.51. The fourth-order valence-corrected chi connectivity index (χ4v) is 2.15. The van der Waals surface area contributed by atoms with E-state index in [1.54, 1.807) is 30.3 Å². The number of carbonyl (C=O) groups is 3. The third kappa shape index (κ3) is 4.20. The first-order valence-corrected chi connectivity index (χ1v) is 6.67. The van der Waals surface area contributed by atoms with Crippen LogP contribution in [-0.4, -0.2) is 35.6 Å². The summed E-state index contributed by atoms with van der Waals surface area (Å²) in [6.45, 7) is 0.356. The third-order valence-corrected chi connectivity index (χ3v) is 3.26. The molecule has 0 spiro atoms. The Morgan fingerprint density at radius 1 is 1.29 bits per heavy atom. The van der Waals surface area contributed by atoms with Crippen LogP contribution in [0.1, 0.15) is 24.4 Å². The molecule has 0 radical (unpaired) electrons.